The fraction of sp³-hybridized carbons (Fsp3) is 0.188. The van der Waals surface area contributed by atoms with Gasteiger partial charge in [-0.3, -0.25) is 0 Å². The number of hydrogen-bond acceptors (Lipinski definition) is 2. The first-order valence-corrected chi connectivity index (χ1v) is 6.60. The number of amides is 2. The van der Waals surface area contributed by atoms with Gasteiger partial charge < -0.3 is 15.5 Å². The maximum absolute atomic E-state index is 13.0. The van der Waals surface area contributed by atoms with Crippen molar-refractivity contribution in [3.8, 4) is 0 Å². The minimum absolute atomic E-state index is 0.388. The monoisotopic (exact) mass is 287 g/mol. The van der Waals surface area contributed by atoms with E-state index in [1.807, 2.05) is 38.4 Å². The Morgan fingerprint density at radius 2 is 1.71 bits per heavy atom. The molecule has 0 unspecified atom stereocenters. The lowest BCUT2D eigenvalue weighted by Gasteiger charge is -2.11. The number of carbonyl (C=O) groups is 1. The topological polar surface area (TPSA) is 44.4 Å². The Labute approximate surface area is 123 Å². The number of benzene rings is 2. The Hall–Kier alpha value is -2.40. The van der Waals surface area contributed by atoms with Crippen LogP contribution in [0.1, 0.15) is 5.56 Å². The third kappa shape index (κ3) is 4.89. The van der Waals surface area contributed by atoms with Crippen LogP contribution in [0.5, 0.6) is 0 Å². The second-order valence-corrected chi connectivity index (χ2v) is 5.02. The quantitative estimate of drug-likeness (QED) is 0.903. The second kappa shape index (κ2) is 6.85. The largest absolute Gasteiger partial charge is 0.323 e. The zero-order chi connectivity index (χ0) is 15.2. The zero-order valence-electron chi connectivity index (χ0n) is 12.1. The Kier molecular flexibility index (Phi) is 4.90. The molecule has 0 saturated heterocycles. The summed E-state index contributed by atoms with van der Waals surface area (Å²) in [6, 6.07) is 12.9. The van der Waals surface area contributed by atoms with Crippen molar-refractivity contribution in [2.45, 2.75) is 6.54 Å². The highest BCUT2D eigenvalue weighted by Gasteiger charge is 2.03. The molecule has 4 nitrogen and oxygen atoms in total. The Bertz CT molecular complexity index is 611. The molecule has 0 aliphatic heterocycles. The van der Waals surface area contributed by atoms with Crippen molar-refractivity contribution in [3.05, 3.63) is 59.9 Å². The van der Waals surface area contributed by atoms with E-state index >= 15 is 0 Å². The van der Waals surface area contributed by atoms with Crippen LogP contribution in [0.15, 0.2) is 48.5 Å². The summed E-state index contributed by atoms with van der Waals surface area (Å²) in [5, 5.41) is 5.28. The van der Waals surface area contributed by atoms with Crippen LogP contribution in [0.3, 0.4) is 0 Å². The van der Waals surface area contributed by atoms with Crippen molar-refractivity contribution in [3.63, 3.8) is 0 Å². The van der Waals surface area contributed by atoms with Gasteiger partial charge in [-0.25, -0.2) is 9.18 Å². The molecule has 110 valence electrons. The number of carbonyl (C=O) groups excluding carboxylic acids is 1. The van der Waals surface area contributed by atoms with Crippen LogP contribution >= 0.6 is 0 Å². The maximum atomic E-state index is 13.0. The smallest absolute Gasteiger partial charge is 0.308 e. The summed E-state index contributed by atoms with van der Waals surface area (Å²) in [4.78, 5) is 13.9. The van der Waals surface area contributed by atoms with Crippen LogP contribution < -0.4 is 10.6 Å². The van der Waals surface area contributed by atoms with E-state index in [1.54, 1.807) is 12.1 Å². The van der Waals surface area contributed by atoms with E-state index in [0.717, 1.165) is 12.1 Å². The molecule has 0 radical (unpaired) electrons. The molecule has 2 rings (SSSR count). The molecule has 0 aliphatic carbocycles. The zero-order valence-corrected chi connectivity index (χ0v) is 12.1. The van der Waals surface area contributed by atoms with Crippen molar-refractivity contribution in [1.29, 1.82) is 0 Å². The molecule has 2 aromatic rings. The first-order valence-electron chi connectivity index (χ1n) is 6.60. The van der Waals surface area contributed by atoms with Gasteiger partial charge >= 0.3 is 6.03 Å². The minimum Gasteiger partial charge on any atom is -0.308 e. The van der Waals surface area contributed by atoms with Gasteiger partial charge in [0.1, 0.15) is 5.82 Å². The van der Waals surface area contributed by atoms with E-state index in [0.29, 0.717) is 11.4 Å². The Morgan fingerprint density at radius 3 is 2.33 bits per heavy atom. The molecule has 0 aliphatic rings. The van der Waals surface area contributed by atoms with Crippen LogP contribution in [-0.4, -0.2) is 25.0 Å². The summed E-state index contributed by atoms with van der Waals surface area (Å²) < 4.78 is 13.0. The minimum atomic E-state index is -0.402. The summed E-state index contributed by atoms with van der Waals surface area (Å²) in [5.74, 6) is -0.388. The molecule has 21 heavy (non-hydrogen) atoms. The molecule has 0 heterocycles. The maximum Gasteiger partial charge on any atom is 0.323 e. The van der Waals surface area contributed by atoms with Crippen molar-refractivity contribution in [2.24, 2.45) is 0 Å². The second-order valence-electron chi connectivity index (χ2n) is 5.02. The normalized spacial score (nSPS) is 10.5. The van der Waals surface area contributed by atoms with Gasteiger partial charge in [0, 0.05) is 17.9 Å². The van der Waals surface area contributed by atoms with Crippen LogP contribution in [0.2, 0.25) is 0 Å². The molecule has 5 heteroatoms. The predicted octanol–water partition coefficient (Wildman–Crippen LogP) is 3.53. The number of urea groups is 1. The highest BCUT2D eigenvalue weighted by Crippen LogP contribution is 2.13. The molecule has 2 N–H and O–H groups in total. The summed E-state index contributed by atoms with van der Waals surface area (Å²) in [6.45, 7) is 0.843. The molecule has 2 amide bonds. The van der Waals surface area contributed by atoms with E-state index in [1.165, 1.54) is 12.1 Å². The predicted molar refractivity (Wildman–Crippen MR) is 82.9 cm³/mol. The average Bonchev–Trinajstić information content (AvgIpc) is 2.40. The number of nitrogens with zero attached hydrogens (tertiary/aromatic N) is 1. The highest BCUT2D eigenvalue weighted by molar-refractivity contribution is 5.99. The molecular formula is C16H18FN3O. The van der Waals surface area contributed by atoms with E-state index < -0.39 is 6.03 Å². The van der Waals surface area contributed by atoms with Gasteiger partial charge in [0.2, 0.25) is 0 Å². The fourth-order valence-corrected chi connectivity index (χ4v) is 1.92. The number of halogens is 1. The van der Waals surface area contributed by atoms with Gasteiger partial charge in [-0.15, -0.1) is 0 Å². The van der Waals surface area contributed by atoms with Crippen LogP contribution in [0.4, 0.5) is 20.6 Å². The number of rotatable bonds is 4. The van der Waals surface area contributed by atoms with Crippen LogP contribution in [0, 0.1) is 5.82 Å². The van der Waals surface area contributed by atoms with Gasteiger partial charge in [-0.2, -0.15) is 0 Å². The van der Waals surface area contributed by atoms with Gasteiger partial charge in [0.15, 0.2) is 0 Å². The molecular weight excluding hydrogens is 269 g/mol. The average molecular weight is 287 g/mol. The Balaban J connectivity index is 1.93. The van der Waals surface area contributed by atoms with Gasteiger partial charge in [-0.05, 0) is 50.0 Å². The van der Waals surface area contributed by atoms with E-state index in [9.17, 15) is 9.18 Å². The lowest BCUT2D eigenvalue weighted by molar-refractivity contribution is 0.262. The summed E-state index contributed by atoms with van der Waals surface area (Å²) in [6.07, 6.45) is 0. The molecule has 0 spiro atoms. The SMILES string of the molecule is CN(C)Cc1ccc(NC(=O)Nc2cccc(F)c2)cc1. The standard InChI is InChI=1S/C16H18FN3O/c1-20(2)11-12-6-8-14(9-7-12)18-16(21)19-15-5-3-4-13(17)10-15/h3-10H,11H2,1-2H3,(H2,18,19,21). The molecule has 2 aromatic carbocycles. The van der Waals surface area contributed by atoms with E-state index in [2.05, 4.69) is 15.5 Å². The van der Waals surface area contributed by atoms with E-state index in [-0.39, 0.29) is 5.82 Å². The van der Waals surface area contributed by atoms with Gasteiger partial charge in [0.25, 0.3) is 0 Å². The lowest BCUT2D eigenvalue weighted by atomic mass is 10.2. The molecule has 0 saturated carbocycles. The van der Waals surface area contributed by atoms with Gasteiger partial charge in [0.05, 0.1) is 0 Å². The van der Waals surface area contributed by atoms with E-state index in [4.69, 9.17) is 0 Å². The number of nitrogens with one attached hydrogen (secondary N) is 2. The summed E-state index contributed by atoms with van der Waals surface area (Å²) in [7, 11) is 4.00. The van der Waals surface area contributed by atoms with Crippen molar-refractivity contribution in [2.75, 3.05) is 24.7 Å². The first kappa shape index (κ1) is 15.0. The third-order valence-electron chi connectivity index (χ3n) is 2.79. The molecule has 0 bridgehead atoms. The van der Waals surface area contributed by atoms with Crippen LogP contribution in [0.25, 0.3) is 0 Å². The number of hydrogen-bond donors (Lipinski definition) is 2. The Morgan fingerprint density at radius 1 is 1.05 bits per heavy atom. The van der Waals surface area contributed by atoms with Crippen molar-refractivity contribution >= 4 is 17.4 Å². The van der Waals surface area contributed by atoms with Gasteiger partial charge in [-0.1, -0.05) is 18.2 Å². The van der Waals surface area contributed by atoms with Crippen molar-refractivity contribution < 1.29 is 9.18 Å². The lowest BCUT2D eigenvalue weighted by Crippen LogP contribution is -2.19. The fourth-order valence-electron chi connectivity index (χ4n) is 1.92. The molecule has 0 atom stereocenters. The van der Waals surface area contributed by atoms with Crippen LogP contribution in [-0.2, 0) is 6.54 Å². The highest BCUT2D eigenvalue weighted by atomic mass is 19.1. The molecule has 0 fully saturated rings. The third-order valence-corrected chi connectivity index (χ3v) is 2.79. The summed E-state index contributed by atoms with van der Waals surface area (Å²) in [5.41, 5.74) is 2.26. The molecule has 0 aromatic heterocycles. The summed E-state index contributed by atoms with van der Waals surface area (Å²) >= 11 is 0. The van der Waals surface area contributed by atoms with Crippen molar-refractivity contribution in [1.82, 2.24) is 4.90 Å². The number of anilines is 2. The first-order chi connectivity index (χ1) is 10.0.